The topological polar surface area (TPSA) is 27.8 Å². The highest BCUT2D eigenvalue weighted by molar-refractivity contribution is 9.10. The summed E-state index contributed by atoms with van der Waals surface area (Å²) in [4.78, 5) is 3.21. The van der Waals surface area contributed by atoms with E-state index in [0.29, 0.717) is 0 Å². The highest BCUT2D eigenvalue weighted by atomic mass is 79.9. The molecule has 2 aromatic rings. The molecule has 0 saturated heterocycles. The summed E-state index contributed by atoms with van der Waals surface area (Å²) < 4.78 is 1.12. The molecule has 13 heavy (non-hydrogen) atoms. The van der Waals surface area contributed by atoms with E-state index < -0.39 is 0 Å². The van der Waals surface area contributed by atoms with Crippen LogP contribution in [-0.2, 0) is 6.54 Å². The van der Waals surface area contributed by atoms with Crippen molar-refractivity contribution in [2.45, 2.75) is 6.54 Å². The van der Waals surface area contributed by atoms with Crippen molar-refractivity contribution in [3.05, 3.63) is 34.4 Å². The average Bonchev–Trinajstić information content (AvgIpc) is 2.48. The standard InChI is InChI=1S/C10H11BrN2/c1-12-5-7-2-3-8-9(11)6-13-10(8)4-7/h2-4,6,12-13H,5H2,1H3. The maximum Gasteiger partial charge on any atom is 0.0468 e. The summed E-state index contributed by atoms with van der Waals surface area (Å²) in [7, 11) is 1.95. The fraction of sp³-hybridized carbons (Fsp3) is 0.200. The largest absolute Gasteiger partial charge is 0.360 e. The molecule has 2 N–H and O–H groups in total. The van der Waals surface area contributed by atoms with Gasteiger partial charge in [-0.1, -0.05) is 12.1 Å². The van der Waals surface area contributed by atoms with Crippen LogP contribution in [0.5, 0.6) is 0 Å². The van der Waals surface area contributed by atoms with Crippen LogP contribution in [0.2, 0.25) is 0 Å². The zero-order valence-electron chi connectivity index (χ0n) is 7.39. The van der Waals surface area contributed by atoms with Gasteiger partial charge in [0.15, 0.2) is 0 Å². The molecular weight excluding hydrogens is 228 g/mol. The number of aromatic nitrogens is 1. The van der Waals surface area contributed by atoms with Crippen molar-refractivity contribution in [3.63, 3.8) is 0 Å². The van der Waals surface area contributed by atoms with E-state index >= 15 is 0 Å². The van der Waals surface area contributed by atoms with E-state index in [9.17, 15) is 0 Å². The van der Waals surface area contributed by atoms with E-state index in [1.54, 1.807) is 0 Å². The average molecular weight is 239 g/mol. The van der Waals surface area contributed by atoms with Gasteiger partial charge < -0.3 is 10.3 Å². The fourth-order valence-corrected chi connectivity index (χ4v) is 1.91. The molecule has 0 saturated carbocycles. The van der Waals surface area contributed by atoms with Gasteiger partial charge in [0, 0.05) is 28.1 Å². The molecule has 3 heteroatoms. The molecule has 1 aromatic heterocycles. The number of benzene rings is 1. The zero-order chi connectivity index (χ0) is 9.26. The molecule has 1 aromatic carbocycles. The van der Waals surface area contributed by atoms with Gasteiger partial charge in [-0.05, 0) is 34.6 Å². The first-order valence-electron chi connectivity index (χ1n) is 4.21. The normalized spacial score (nSPS) is 10.9. The van der Waals surface area contributed by atoms with Crippen molar-refractivity contribution in [1.82, 2.24) is 10.3 Å². The summed E-state index contributed by atoms with van der Waals surface area (Å²) in [5, 5.41) is 4.37. The predicted octanol–water partition coefficient (Wildman–Crippen LogP) is 2.65. The van der Waals surface area contributed by atoms with Crippen LogP contribution in [0, 0.1) is 0 Å². The number of H-pyrrole nitrogens is 1. The predicted molar refractivity (Wildman–Crippen MR) is 58.8 cm³/mol. The molecule has 68 valence electrons. The fourth-order valence-electron chi connectivity index (χ4n) is 1.45. The lowest BCUT2D eigenvalue weighted by Crippen LogP contribution is -2.04. The van der Waals surface area contributed by atoms with Gasteiger partial charge in [-0.15, -0.1) is 0 Å². The first-order chi connectivity index (χ1) is 6.31. The number of fused-ring (bicyclic) bond motifs is 1. The minimum Gasteiger partial charge on any atom is -0.360 e. The number of halogens is 1. The van der Waals surface area contributed by atoms with Gasteiger partial charge in [-0.2, -0.15) is 0 Å². The van der Waals surface area contributed by atoms with E-state index in [1.165, 1.54) is 16.5 Å². The Bertz CT molecular complexity index is 420. The summed E-state index contributed by atoms with van der Waals surface area (Å²) >= 11 is 3.48. The van der Waals surface area contributed by atoms with Crippen molar-refractivity contribution in [3.8, 4) is 0 Å². The van der Waals surface area contributed by atoms with Crippen LogP contribution in [0.3, 0.4) is 0 Å². The molecule has 0 spiro atoms. The van der Waals surface area contributed by atoms with Gasteiger partial charge in [0.25, 0.3) is 0 Å². The van der Waals surface area contributed by atoms with E-state index in [1.807, 2.05) is 13.2 Å². The van der Waals surface area contributed by atoms with Crippen LogP contribution in [-0.4, -0.2) is 12.0 Å². The van der Waals surface area contributed by atoms with E-state index in [2.05, 4.69) is 44.4 Å². The Balaban J connectivity index is 2.50. The molecule has 0 aliphatic carbocycles. The van der Waals surface area contributed by atoms with Gasteiger partial charge in [0.2, 0.25) is 0 Å². The van der Waals surface area contributed by atoms with Crippen LogP contribution in [0.25, 0.3) is 10.9 Å². The molecule has 0 atom stereocenters. The van der Waals surface area contributed by atoms with Crippen molar-refractivity contribution in [2.75, 3.05) is 7.05 Å². The second-order valence-corrected chi connectivity index (χ2v) is 3.90. The number of nitrogens with one attached hydrogen (secondary N) is 2. The third-order valence-electron chi connectivity index (χ3n) is 2.08. The molecule has 2 rings (SSSR count). The number of rotatable bonds is 2. The highest BCUT2D eigenvalue weighted by Gasteiger charge is 2.00. The number of aromatic amines is 1. The Morgan fingerprint density at radius 2 is 2.31 bits per heavy atom. The third-order valence-corrected chi connectivity index (χ3v) is 2.73. The first kappa shape index (κ1) is 8.78. The van der Waals surface area contributed by atoms with Gasteiger partial charge in [0.1, 0.15) is 0 Å². The minimum atomic E-state index is 0.909. The van der Waals surface area contributed by atoms with Gasteiger partial charge in [-0.3, -0.25) is 0 Å². The lowest BCUT2D eigenvalue weighted by molar-refractivity contribution is 0.819. The van der Waals surface area contributed by atoms with Crippen LogP contribution >= 0.6 is 15.9 Å². The van der Waals surface area contributed by atoms with Crippen LogP contribution < -0.4 is 5.32 Å². The molecule has 1 heterocycles. The van der Waals surface area contributed by atoms with E-state index in [0.717, 1.165) is 11.0 Å². The van der Waals surface area contributed by atoms with Gasteiger partial charge >= 0.3 is 0 Å². The van der Waals surface area contributed by atoms with E-state index in [4.69, 9.17) is 0 Å². The van der Waals surface area contributed by atoms with Crippen LogP contribution in [0.4, 0.5) is 0 Å². The Morgan fingerprint density at radius 3 is 3.08 bits per heavy atom. The Kier molecular flexibility index (Phi) is 2.38. The maximum atomic E-state index is 3.48. The van der Waals surface area contributed by atoms with Gasteiger partial charge in [-0.25, -0.2) is 0 Å². The molecule has 0 aliphatic heterocycles. The summed E-state index contributed by atoms with van der Waals surface area (Å²) in [5.41, 5.74) is 2.48. The lowest BCUT2D eigenvalue weighted by Gasteiger charge is -1.99. The molecular formula is C10H11BrN2. The zero-order valence-corrected chi connectivity index (χ0v) is 8.98. The Hall–Kier alpha value is -0.800. The van der Waals surface area contributed by atoms with Crippen molar-refractivity contribution >= 4 is 26.8 Å². The first-order valence-corrected chi connectivity index (χ1v) is 5.00. The van der Waals surface area contributed by atoms with E-state index in [-0.39, 0.29) is 0 Å². The molecule has 0 bridgehead atoms. The second kappa shape index (κ2) is 3.52. The highest BCUT2D eigenvalue weighted by Crippen LogP contribution is 2.23. The third kappa shape index (κ3) is 1.62. The molecule has 0 unspecified atom stereocenters. The lowest BCUT2D eigenvalue weighted by atomic mass is 10.2. The Labute approximate surface area is 85.5 Å². The van der Waals surface area contributed by atoms with Gasteiger partial charge in [0.05, 0.1) is 0 Å². The summed E-state index contributed by atoms with van der Waals surface area (Å²) in [6, 6.07) is 6.43. The number of hydrogen-bond acceptors (Lipinski definition) is 1. The van der Waals surface area contributed by atoms with Crippen molar-refractivity contribution < 1.29 is 0 Å². The SMILES string of the molecule is CNCc1ccc2c(Br)c[nH]c2c1. The Morgan fingerprint density at radius 1 is 1.46 bits per heavy atom. The van der Waals surface area contributed by atoms with Crippen molar-refractivity contribution in [1.29, 1.82) is 0 Å². The monoisotopic (exact) mass is 238 g/mol. The summed E-state index contributed by atoms with van der Waals surface area (Å²) in [6.07, 6.45) is 1.97. The molecule has 0 fully saturated rings. The summed E-state index contributed by atoms with van der Waals surface area (Å²) in [6.45, 7) is 0.909. The molecule has 0 amide bonds. The molecule has 0 aliphatic rings. The minimum absolute atomic E-state index is 0.909. The quantitative estimate of drug-likeness (QED) is 0.828. The van der Waals surface area contributed by atoms with Crippen molar-refractivity contribution in [2.24, 2.45) is 0 Å². The number of hydrogen-bond donors (Lipinski definition) is 2. The molecule has 2 nitrogen and oxygen atoms in total. The second-order valence-electron chi connectivity index (χ2n) is 3.05. The van der Waals surface area contributed by atoms with Crippen LogP contribution in [0.1, 0.15) is 5.56 Å². The smallest absolute Gasteiger partial charge is 0.0468 e. The molecule has 0 radical (unpaired) electrons. The maximum absolute atomic E-state index is 3.48. The van der Waals surface area contributed by atoms with Crippen LogP contribution in [0.15, 0.2) is 28.9 Å². The summed E-state index contributed by atoms with van der Waals surface area (Å²) in [5.74, 6) is 0.